The third-order valence-corrected chi connectivity index (χ3v) is 6.63. The summed E-state index contributed by atoms with van der Waals surface area (Å²) in [6, 6.07) is 8.43. The van der Waals surface area contributed by atoms with Crippen molar-refractivity contribution in [1.82, 2.24) is 24.6 Å². The number of carbonyl (C=O) groups is 1. The lowest BCUT2D eigenvalue weighted by Crippen LogP contribution is -2.40. The van der Waals surface area contributed by atoms with Gasteiger partial charge in [-0.2, -0.15) is 5.10 Å². The average Bonchev–Trinajstić information content (AvgIpc) is 3.51. The number of anilines is 1. The number of aryl methyl sites for hydroxylation is 1. The summed E-state index contributed by atoms with van der Waals surface area (Å²) in [5, 5.41) is 4.77. The Morgan fingerprint density at radius 1 is 1.12 bits per heavy atom. The molecule has 0 spiro atoms. The van der Waals surface area contributed by atoms with Gasteiger partial charge in [-0.3, -0.25) is 9.48 Å². The number of hydrogen-bond donors (Lipinski definition) is 0. The number of hydrogen-bond acceptors (Lipinski definition) is 5. The van der Waals surface area contributed by atoms with E-state index in [9.17, 15) is 9.18 Å². The molecule has 2 aliphatic rings. The second kappa shape index (κ2) is 9.29. The van der Waals surface area contributed by atoms with E-state index < -0.39 is 0 Å². The van der Waals surface area contributed by atoms with Gasteiger partial charge < -0.3 is 9.80 Å². The molecule has 0 aliphatic carbocycles. The molecule has 33 heavy (non-hydrogen) atoms. The van der Waals surface area contributed by atoms with Crippen LogP contribution in [0.25, 0.3) is 11.3 Å². The average molecular weight is 449 g/mol. The summed E-state index contributed by atoms with van der Waals surface area (Å²) in [7, 11) is 1.92. The van der Waals surface area contributed by atoms with Crippen LogP contribution in [0.2, 0.25) is 0 Å². The van der Waals surface area contributed by atoms with Crippen LogP contribution >= 0.6 is 0 Å². The normalized spacial score (nSPS) is 18.7. The lowest BCUT2D eigenvalue weighted by Gasteiger charge is -2.32. The molecule has 1 aromatic carbocycles. The van der Waals surface area contributed by atoms with Crippen LogP contribution in [-0.2, 0) is 18.3 Å². The highest BCUT2D eigenvalue weighted by Gasteiger charge is 2.29. The molecule has 8 heteroatoms. The lowest BCUT2D eigenvalue weighted by molar-refractivity contribution is -0.131. The van der Waals surface area contributed by atoms with Gasteiger partial charge in [0.15, 0.2) is 0 Å². The van der Waals surface area contributed by atoms with Crippen molar-refractivity contribution >= 4 is 11.9 Å². The van der Waals surface area contributed by atoms with Crippen LogP contribution < -0.4 is 4.90 Å². The molecule has 2 saturated heterocycles. The first-order chi connectivity index (χ1) is 16.1. The molecule has 4 heterocycles. The number of halogens is 1. The van der Waals surface area contributed by atoms with E-state index >= 15 is 0 Å². The van der Waals surface area contributed by atoms with E-state index in [1.54, 1.807) is 18.2 Å². The van der Waals surface area contributed by atoms with Crippen LogP contribution in [0.5, 0.6) is 0 Å². The fourth-order valence-corrected chi connectivity index (χ4v) is 4.92. The fourth-order valence-electron chi connectivity index (χ4n) is 4.92. The van der Waals surface area contributed by atoms with Gasteiger partial charge in [0.05, 0.1) is 17.8 Å². The van der Waals surface area contributed by atoms with Crippen LogP contribution in [0, 0.1) is 5.82 Å². The van der Waals surface area contributed by atoms with Crippen molar-refractivity contribution in [3.8, 4) is 11.3 Å². The highest BCUT2D eigenvalue weighted by atomic mass is 19.1. The molecular formula is C25H29FN6O. The van der Waals surface area contributed by atoms with E-state index in [0.717, 1.165) is 48.8 Å². The SMILES string of the molecule is Cn1cc(-c2ccnc(N3CCCC3)n2)c(C2CCCN(C(=O)Cc3ccccc3F)C2)n1. The molecule has 7 nitrogen and oxygen atoms in total. The Kier molecular flexibility index (Phi) is 6.07. The molecule has 1 unspecified atom stereocenters. The monoisotopic (exact) mass is 448 g/mol. The van der Waals surface area contributed by atoms with Gasteiger partial charge in [-0.05, 0) is 43.4 Å². The number of rotatable bonds is 5. The zero-order valence-electron chi connectivity index (χ0n) is 19.0. The molecule has 0 saturated carbocycles. The minimum absolute atomic E-state index is 0.0411. The van der Waals surface area contributed by atoms with Gasteiger partial charge in [0.1, 0.15) is 5.82 Å². The Labute approximate surface area is 193 Å². The molecule has 0 bridgehead atoms. The van der Waals surface area contributed by atoms with Gasteiger partial charge in [0.25, 0.3) is 0 Å². The minimum atomic E-state index is -0.330. The van der Waals surface area contributed by atoms with Crippen LogP contribution in [-0.4, -0.2) is 56.7 Å². The third-order valence-electron chi connectivity index (χ3n) is 6.63. The van der Waals surface area contributed by atoms with Gasteiger partial charge >= 0.3 is 0 Å². The maximum absolute atomic E-state index is 14.0. The molecule has 2 aromatic heterocycles. The van der Waals surface area contributed by atoms with Crippen LogP contribution in [0.15, 0.2) is 42.7 Å². The van der Waals surface area contributed by atoms with Crippen LogP contribution in [0.4, 0.5) is 10.3 Å². The number of aromatic nitrogens is 4. The first kappa shape index (κ1) is 21.6. The molecule has 2 fully saturated rings. The van der Waals surface area contributed by atoms with Crippen LogP contribution in [0.3, 0.4) is 0 Å². The van der Waals surface area contributed by atoms with Crippen LogP contribution in [0.1, 0.15) is 42.9 Å². The highest BCUT2D eigenvalue weighted by Crippen LogP contribution is 2.33. The zero-order chi connectivity index (χ0) is 22.8. The summed E-state index contributed by atoms with van der Waals surface area (Å²) in [4.78, 5) is 26.4. The molecule has 172 valence electrons. The molecule has 1 atom stereocenters. The second-order valence-electron chi connectivity index (χ2n) is 8.98. The van der Waals surface area contributed by atoms with Crippen molar-refractivity contribution in [2.75, 3.05) is 31.1 Å². The largest absolute Gasteiger partial charge is 0.342 e. The summed E-state index contributed by atoms with van der Waals surface area (Å²) in [5.41, 5.74) is 3.27. The van der Waals surface area contributed by atoms with Crippen molar-refractivity contribution in [2.24, 2.45) is 7.05 Å². The third kappa shape index (κ3) is 4.60. The Morgan fingerprint density at radius 3 is 2.76 bits per heavy atom. The summed E-state index contributed by atoms with van der Waals surface area (Å²) in [6.45, 7) is 3.26. The summed E-state index contributed by atoms with van der Waals surface area (Å²) in [6.07, 6.45) is 8.10. The predicted octanol–water partition coefficient (Wildman–Crippen LogP) is 3.57. The summed E-state index contributed by atoms with van der Waals surface area (Å²) < 4.78 is 15.9. The van der Waals surface area contributed by atoms with Crippen molar-refractivity contribution in [3.63, 3.8) is 0 Å². The number of likely N-dealkylation sites (tertiary alicyclic amines) is 1. The fraction of sp³-hybridized carbons (Fsp3) is 0.440. The number of carbonyl (C=O) groups excluding carboxylic acids is 1. The molecule has 0 radical (unpaired) electrons. The van der Waals surface area contributed by atoms with Gasteiger partial charge in [0, 0.05) is 57.1 Å². The van der Waals surface area contributed by atoms with E-state index in [-0.39, 0.29) is 24.1 Å². The minimum Gasteiger partial charge on any atom is -0.342 e. The molecule has 5 rings (SSSR count). The maximum atomic E-state index is 14.0. The van der Waals surface area contributed by atoms with Gasteiger partial charge in [0.2, 0.25) is 11.9 Å². The standard InChI is InChI=1S/C25H29FN6O/c1-30-17-20(22-10-11-27-25(28-22)31-12-4-5-13-31)24(29-30)19-8-6-14-32(16-19)23(33)15-18-7-2-3-9-21(18)26/h2-3,7,9-11,17,19H,4-6,8,12-16H2,1H3. The quantitative estimate of drug-likeness (QED) is 0.597. The summed E-state index contributed by atoms with van der Waals surface area (Å²) >= 11 is 0. The van der Waals surface area contributed by atoms with E-state index in [1.807, 2.05) is 35.1 Å². The Hall–Kier alpha value is -3.29. The van der Waals surface area contributed by atoms with Gasteiger partial charge in [-0.1, -0.05) is 18.2 Å². The van der Waals surface area contributed by atoms with Gasteiger partial charge in [-0.15, -0.1) is 0 Å². The maximum Gasteiger partial charge on any atom is 0.227 e. The number of piperidine rings is 1. The Balaban J connectivity index is 1.36. The number of nitrogens with zero attached hydrogens (tertiary/aromatic N) is 6. The molecule has 1 amide bonds. The molecular weight excluding hydrogens is 419 g/mol. The molecule has 2 aliphatic heterocycles. The number of amides is 1. The predicted molar refractivity (Wildman–Crippen MR) is 124 cm³/mol. The number of benzene rings is 1. The van der Waals surface area contributed by atoms with Crippen molar-refractivity contribution < 1.29 is 9.18 Å². The molecule has 0 N–H and O–H groups in total. The smallest absolute Gasteiger partial charge is 0.227 e. The topological polar surface area (TPSA) is 67.2 Å². The second-order valence-corrected chi connectivity index (χ2v) is 8.98. The Bertz CT molecular complexity index is 1140. The van der Waals surface area contributed by atoms with E-state index in [1.165, 1.54) is 18.9 Å². The van der Waals surface area contributed by atoms with E-state index in [2.05, 4.69) is 9.88 Å². The Morgan fingerprint density at radius 2 is 1.94 bits per heavy atom. The first-order valence-corrected chi connectivity index (χ1v) is 11.7. The van der Waals surface area contributed by atoms with Crippen molar-refractivity contribution in [2.45, 2.75) is 38.0 Å². The van der Waals surface area contributed by atoms with Crippen molar-refractivity contribution in [1.29, 1.82) is 0 Å². The molecule has 3 aromatic rings. The van der Waals surface area contributed by atoms with Crippen molar-refractivity contribution in [3.05, 3.63) is 59.8 Å². The first-order valence-electron chi connectivity index (χ1n) is 11.7. The van der Waals surface area contributed by atoms with Gasteiger partial charge in [-0.25, -0.2) is 14.4 Å². The summed E-state index contributed by atoms with van der Waals surface area (Å²) in [5.74, 6) is 0.513. The van der Waals surface area contributed by atoms with E-state index in [0.29, 0.717) is 18.7 Å². The van der Waals surface area contributed by atoms with E-state index in [4.69, 9.17) is 10.1 Å². The zero-order valence-corrected chi connectivity index (χ0v) is 19.0. The lowest BCUT2D eigenvalue weighted by atomic mass is 9.91. The highest BCUT2D eigenvalue weighted by molar-refractivity contribution is 5.79.